The van der Waals surface area contributed by atoms with Crippen molar-refractivity contribution in [3.63, 3.8) is 0 Å². The summed E-state index contributed by atoms with van der Waals surface area (Å²) in [5, 5.41) is 0. The van der Waals surface area contributed by atoms with Crippen LogP contribution in [0.2, 0.25) is 0 Å². The van der Waals surface area contributed by atoms with Gasteiger partial charge < -0.3 is 4.74 Å². The maximum absolute atomic E-state index is 12.8. The van der Waals surface area contributed by atoms with Crippen LogP contribution in [0.25, 0.3) is 0 Å². The standard InChI is InChI=1S/C17H24O2/c1-3-8-14-9-7-10-15(13-14)16(18)17(19-2)11-5-4-6-12-17/h7,9-10,13H,3-6,8,11-12H2,1-2H3. The van der Waals surface area contributed by atoms with Gasteiger partial charge in [0.15, 0.2) is 5.78 Å². The molecular formula is C17H24O2. The van der Waals surface area contributed by atoms with Crippen molar-refractivity contribution in [2.45, 2.75) is 57.5 Å². The van der Waals surface area contributed by atoms with Crippen LogP contribution in [-0.4, -0.2) is 18.5 Å². The van der Waals surface area contributed by atoms with E-state index in [9.17, 15) is 4.79 Å². The van der Waals surface area contributed by atoms with Crippen LogP contribution in [0.5, 0.6) is 0 Å². The number of ether oxygens (including phenoxy) is 1. The first-order chi connectivity index (χ1) is 9.22. The minimum atomic E-state index is -0.566. The number of methoxy groups -OCH3 is 1. The molecule has 0 saturated heterocycles. The number of hydrogen-bond acceptors (Lipinski definition) is 2. The van der Waals surface area contributed by atoms with E-state index in [0.717, 1.165) is 44.1 Å². The first-order valence-electron chi connectivity index (χ1n) is 7.41. The van der Waals surface area contributed by atoms with E-state index < -0.39 is 5.60 Å². The van der Waals surface area contributed by atoms with Crippen molar-refractivity contribution in [1.29, 1.82) is 0 Å². The van der Waals surface area contributed by atoms with E-state index in [0.29, 0.717) is 0 Å². The van der Waals surface area contributed by atoms with Crippen LogP contribution in [0, 0.1) is 0 Å². The van der Waals surface area contributed by atoms with Crippen molar-refractivity contribution >= 4 is 5.78 Å². The third-order valence-corrected chi connectivity index (χ3v) is 4.19. The highest BCUT2D eigenvalue weighted by Crippen LogP contribution is 2.34. The van der Waals surface area contributed by atoms with Gasteiger partial charge in [-0.1, -0.05) is 50.8 Å². The lowest BCUT2D eigenvalue weighted by Gasteiger charge is -2.34. The van der Waals surface area contributed by atoms with E-state index in [1.54, 1.807) is 7.11 Å². The van der Waals surface area contributed by atoms with Gasteiger partial charge in [-0.3, -0.25) is 4.79 Å². The lowest BCUT2D eigenvalue weighted by molar-refractivity contribution is -0.0194. The third kappa shape index (κ3) is 3.06. The molecular weight excluding hydrogens is 236 g/mol. The van der Waals surface area contributed by atoms with Gasteiger partial charge in [-0.25, -0.2) is 0 Å². The van der Waals surface area contributed by atoms with Crippen molar-refractivity contribution in [2.24, 2.45) is 0 Å². The van der Waals surface area contributed by atoms with Crippen molar-refractivity contribution in [3.8, 4) is 0 Å². The molecule has 1 aromatic carbocycles. The molecule has 19 heavy (non-hydrogen) atoms. The minimum Gasteiger partial charge on any atom is -0.370 e. The lowest BCUT2D eigenvalue weighted by atomic mass is 9.79. The van der Waals surface area contributed by atoms with Crippen LogP contribution in [0.15, 0.2) is 24.3 Å². The first-order valence-corrected chi connectivity index (χ1v) is 7.41. The molecule has 0 atom stereocenters. The zero-order valence-electron chi connectivity index (χ0n) is 12.1. The molecule has 0 unspecified atom stereocenters. The smallest absolute Gasteiger partial charge is 0.194 e. The monoisotopic (exact) mass is 260 g/mol. The normalized spacial score (nSPS) is 18.2. The Kier molecular flexibility index (Phi) is 4.76. The summed E-state index contributed by atoms with van der Waals surface area (Å²) in [6, 6.07) is 8.06. The molecule has 0 aliphatic heterocycles. The summed E-state index contributed by atoms with van der Waals surface area (Å²) in [6.07, 6.45) is 7.26. The number of ketones is 1. The van der Waals surface area contributed by atoms with E-state index in [-0.39, 0.29) is 5.78 Å². The highest BCUT2D eigenvalue weighted by molar-refractivity contribution is 6.02. The van der Waals surface area contributed by atoms with Gasteiger partial charge in [0.05, 0.1) is 0 Å². The molecule has 2 heteroatoms. The third-order valence-electron chi connectivity index (χ3n) is 4.19. The fourth-order valence-electron chi connectivity index (χ4n) is 3.07. The molecule has 1 aliphatic carbocycles. The molecule has 2 nitrogen and oxygen atoms in total. The van der Waals surface area contributed by atoms with Crippen LogP contribution in [0.3, 0.4) is 0 Å². The van der Waals surface area contributed by atoms with Gasteiger partial charge in [-0.2, -0.15) is 0 Å². The molecule has 2 rings (SSSR count). The number of rotatable bonds is 5. The average Bonchev–Trinajstić information content (AvgIpc) is 2.48. The van der Waals surface area contributed by atoms with Gasteiger partial charge in [0.1, 0.15) is 5.60 Å². The number of benzene rings is 1. The Hall–Kier alpha value is -1.15. The van der Waals surface area contributed by atoms with Crippen LogP contribution in [-0.2, 0) is 11.2 Å². The summed E-state index contributed by atoms with van der Waals surface area (Å²) < 4.78 is 5.65. The second kappa shape index (κ2) is 6.33. The fraction of sp³-hybridized carbons (Fsp3) is 0.588. The maximum atomic E-state index is 12.8. The SMILES string of the molecule is CCCc1cccc(C(=O)C2(OC)CCCCC2)c1. The van der Waals surface area contributed by atoms with E-state index in [2.05, 4.69) is 13.0 Å². The Morgan fingerprint density at radius 2 is 2.00 bits per heavy atom. The molecule has 0 heterocycles. The molecule has 1 aliphatic rings. The predicted octanol–water partition coefficient (Wildman–Crippen LogP) is 4.17. The predicted molar refractivity (Wildman–Crippen MR) is 77.6 cm³/mol. The molecule has 0 N–H and O–H groups in total. The lowest BCUT2D eigenvalue weighted by Crippen LogP contribution is -2.42. The summed E-state index contributed by atoms with van der Waals surface area (Å²) in [6.45, 7) is 2.16. The summed E-state index contributed by atoms with van der Waals surface area (Å²) in [7, 11) is 1.68. The Morgan fingerprint density at radius 1 is 1.26 bits per heavy atom. The Bertz CT molecular complexity index is 431. The molecule has 0 spiro atoms. The number of hydrogen-bond donors (Lipinski definition) is 0. The molecule has 0 amide bonds. The van der Waals surface area contributed by atoms with E-state index in [1.165, 1.54) is 12.0 Å². The molecule has 0 aromatic heterocycles. The Morgan fingerprint density at radius 3 is 2.63 bits per heavy atom. The van der Waals surface area contributed by atoms with Crippen LogP contribution >= 0.6 is 0 Å². The van der Waals surface area contributed by atoms with Crippen molar-refractivity contribution < 1.29 is 9.53 Å². The zero-order chi connectivity index (χ0) is 13.7. The quantitative estimate of drug-likeness (QED) is 0.743. The van der Waals surface area contributed by atoms with Gasteiger partial charge >= 0.3 is 0 Å². The first kappa shape index (κ1) is 14.3. The number of carbonyl (C=O) groups is 1. The van der Waals surface area contributed by atoms with Crippen LogP contribution < -0.4 is 0 Å². The van der Waals surface area contributed by atoms with Crippen molar-refractivity contribution in [3.05, 3.63) is 35.4 Å². The molecule has 1 aromatic rings. The van der Waals surface area contributed by atoms with E-state index >= 15 is 0 Å². The van der Waals surface area contributed by atoms with Gasteiger partial charge in [0.2, 0.25) is 0 Å². The van der Waals surface area contributed by atoms with E-state index in [4.69, 9.17) is 4.74 Å². The van der Waals surface area contributed by atoms with Crippen LogP contribution in [0.1, 0.15) is 61.4 Å². The van der Waals surface area contributed by atoms with Crippen molar-refractivity contribution in [1.82, 2.24) is 0 Å². The number of Topliss-reactive ketones (excluding diaryl/α,β-unsaturated/α-hetero) is 1. The topological polar surface area (TPSA) is 26.3 Å². The van der Waals surface area contributed by atoms with Crippen LogP contribution in [0.4, 0.5) is 0 Å². The van der Waals surface area contributed by atoms with E-state index in [1.807, 2.05) is 18.2 Å². The highest BCUT2D eigenvalue weighted by atomic mass is 16.5. The maximum Gasteiger partial charge on any atom is 0.194 e. The summed E-state index contributed by atoms with van der Waals surface area (Å²) >= 11 is 0. The molecule has 104 valence electrons. The second-order valence-corrected chi connectivity index (χ2v) is 5.54. The summed E-state index contributed by atoms with van der Waals surface area (Å²) in [5.74, 6) is 0.174. The number of carbonyl (C=O) groups excluding carboxylic acids is 1. The summed E-state index contributed by atoms with van der Waals surface area (Å²) in [4.78, 5) is 12.8. The Balaban J connectivity index is 2.24. The Labute approximate surface area is 116 Å². The molecule has 0 bridgehead atoms. The van der Waals surface area contributed by atoms with Gasteiger partial charge in [-0.05, 0) is 30.9 Å². The van der Waals surface area contributed by atoms with Crippen molar-refractivity contribution in [2.75, 3.05) is 7.11 Å². The average molecular weight is 260 g/mol. The zero-order valence-corrected chi connectivity index (χ0v) is 12.1. The highest BCUT2D eigenvalue weighted by Gasteiger charge is 2.39. The fourth-order valence-corrected chi connectivity index (χ4v) is 3.07. The van der Waals surface area contributed by atoms with Gasteiger partial charge in [0.25, 0.3) is 0 Å². The minimum absolute atomic E-state index is 0.174. The number of aryl methyl sites for hydroxylation is 1. The molecule has 1 fully saturated rings. The van der Waals surface area contributed by atoms with Gasteiger partial charge in [0, 0.05) is 12.7 Å². The second-order valence-electron chi connectivity index (χ2n) is 5.54. The van der Waals surface area contributed by atoms with Gasteiger partial charge in [-0.15, -0.1) is 0 Å². The molecule has 0 radical (unpaired) electrons. The molecule has 1 saturated carbocycles. The largest absolute Gasteiger partial charge is 0.370 e. The summed E-state index contributed by atoms with van der Waals surface area (Å²) in [5.41, 5.74) is 1.49.